The van der Waals surface area contributed by atoms with E-state index in [1.807, 2.05) is 6.92 Å². The minimum absolute atomic E-state index is 0.444. The van der Waals surface area contributed by atoms with E-state index < -0.39 is 0 Å². The molecule has 0 saturated carbocycles. The molecule has 16 heavy (non-hydrogen) atoms. The number of ether oxygens (including phenoxy) is 1. The molecule has 0 radical (unpaired) electrons. The highest BCUT2D eigenvalue weighted by atomic mass is 32.2. The van der Waals surface area contributed by atoms with Gasteiger partial charge in [-0.3, -0.25) is 0 Å². The van der Waals surface area contributed by atoms with Crippen molar-refractivity contribution >= 4 is 17.4 Å². The fourth-order valence-corrected chi connectivity index (χ4v) is 1.75. The summed E-state index contributed by atoms with van der Waals surface area (Å²) in [5.41, 5.74) is 6.24. The topological polar surface area (TPSA) is 74.2 Å². The monoisotopic (exact) mass is 237 g/mol. The SMILES string of the molecule is CCOc1nc(Sc2ncco2)ccc1N. The number of oxazole rings is 1. The van der Waals surface area contributed by atoms with E-state index in [2.05, 4.69) is 9.97 Å². The summed E-state index contributed by atoms with van der Waals surface area (Å²) in [5.74, 6) is 0.444. The molecule has 0 aliphatic rings. The highest BCUT2D eigenvalue weighted by Gasteiger charge is 2.07. The predicted molar refractivity (Wildman–Crippen MR) is 60.4 cm³/mol. The molecule has 6 heteroatoms. The summed E-state index contributed by atoms with van der Waals surface area (Å²) in [4.78, 5) is 8.25. The van der Waals surface area contributed by atoms with E-state index in [4.69, 9.17) is 14.9 Å². The molecule has 0 amide bonds. The van der Waals surface area contributed by atoms with Gasteiger partial charge in [0, 0.05) is 0 Å². The van der Waals surface area contributed by atoms with Crippen LogP contribution >= 0.6 is 11.8 Å². The Morgan fingerprint density at radius 3 is 3.06 bits per heavy atom. The van der Waals surface area contributed by atoms with Gasteiger partial charge >= 0.3 is 0 Å². The van der Waals surface area contributed by atoms with Crippen LogP contribution in [0.3, 0.4) is 0 Å². The first-order valence-electron chi connectivity index (χ1n) is 4.76. The molecule has 2 N–H and O–H groups in total. The van der Waals surface area contributed by atoms with Crippen molar-refractivity contribution in [1.29, 1.82) is 0 Å². The summed E-state index contributed by atoms with van der Waals surface area (Å²) in [7, 11) is 0. The molecule has 5 nitrogen and oxygen atoms in total. The van der Waals surface area contributed by atoms with Crippen molar-refractivity contribution in [2.24, 2.45) is 0 Å². The average molecular weight is 237 g/mol. The summed E-state index contributed by atoms with van der Waals surface area (Å²) in [6.45, 7) is 2.42. The molecule has 0 aliphatic carbocycles. The van der Waals surface area contributed by atoms with Gasteiger partial charge in [0.15, 0.2) is 0 Å². The lowest BCUT2D eigenvalue weighted by Crippen LogP contribution is -1.99. The quantitative estimate of drug-likeness (QED) is 0.878. The van der Waals surface area contributed by atoms with Crippen LogP contribution in [0.25, 0.3) is 0 Å². The Kier molecular flexibility index (Phi) is 3.31. The lowest BCUT2D eigenvalue weighted by molar-refractivity contribution is 0.326. The third kappa shape index (κ3) is 2.46. The van der Waals surface area contributed by atoms with Crippen molar-refractivity contribution in [3.63, 3.8) is 0 Å². The second-order valence-electron chi connectivity index (χ2n) is 2.88. The van der Waals surface area contributed by atoms with Crippen LogP contribution in [-0.2, 0) is 0 Å². The molecule has 84 valence electrons. The van der Waals surface area contributed by atoms with Gasteiger partial charge < -0.3 is 14.9 Å². The number of nitrogen functional groups attached to an aromatic ring is 1. The van der Waals surface area contributed by atoms with Gasteiger partial charge in [-0.05, 0) is 30.8 Å². The maximum atomic E-state index is 5.71. The fraction of sp³-hybridized carbons (Fsp3) is 0.200. The first-order valence-corrected chi connectivity index (χ1v) is 5.58. The molecule has 0 saturated heterocycles. The number of hydrogen-bond acceptors (Lipinski definition) is 6. The van der Waals surface area contributed by atoms with Crippen molar-refractivity contribution in [1.82, 2.24) is 9.97 Å². The number of rotatable bonds is 4. The molecule has 2 aromatic rings. The second-order valence-corrected chi connectivity index (χ2v) is 3.85. The minimum Gasteiger partial charge on any atom is -0.476 e. The molecule has 2 rings (SSSR count). The standard InChI is InChI=1S/C10H11N3O2S/c1-2-14-9-7(11)3-4-8(13-9)16-10-12-5-6-15-10/h3-6H,2,11H2,1H3. The second kappa shape index (κ2) is 4.89. The zero-order valence-electron chi connectivity index (χ0n) is 8.71. The fourth-order valence-electron chi connectivity index (χ4n) is 1.09. The zero-order valence-corrected chi connectivity index (χ0v) is 9.53. The maximum Gasteiger partial charge on any atom is 0.261 e. The predicted octanol–water partition coefficient (Wildman–Crippen LogP) is 2.20. The number of nitrogens with zero attached hydrogens (tertiary/aromatic N) is 2. The van der Waals surface area contributed by atoms with Gasteiger partial charge in [-0.15, -0.1) is 0 Å². The smallest absolute Gasteiger partial charge is 0.261 e. The first-order chi connectivity index (χ1) is 7.79. The van der Waals surface area contributed by atoms with Crippen LogP contribution in [0.15, 0.2) is 39.3 Å². The Morgan fingerprint density at radius 2 is 2.38 bits per heavy atom. The van der Waals surface area contributed by atoms with Crippen LogP contribution in [0.5, 0.6) is 5.88 Å². The molecule has 2 heterocycles. The van der Waals surface area contributed by atoms with E-state index >= 15 is 0 Å². The van der Waals surface area contributed by atoms with Crippen molar-refractivity contribution in [3.05, 3.63) is 24.6 Å². The van der Waals surface area contributed by atoms with Gasteiger partial charge in [-0.1, -0.05) is 0 Å². The van der Waals surface area contributed by atoms with Crippen LogP contribution in [-0.4, -0.2) is 16.6 Å². The molecule has 2 aromatic heterocycles. The Morgan fingerprint density at radius 1 is 1.50 bits per heavy atom. The summed E-state index contributed by atoms with van der Waals surface area (Å²) >= 11 is 1.32. The number of anilines is 1. The molecule has 0 aliphatic heterocycles. The Bertz CT molecular complexity index is 459. The first kappa shape index (κ1) is 10.8. The lowest BCUT2D eigenvalue weighted by Gasteiger charge is -2.06. The van der Waals surface area contributed by atoms with Crippen molar-refractivity contribution in [3.8, 4) is 5.88 Å². The zero-order chi connectivity index (χ0) is 11.4. The molecule has 0 aromatic carbocycles. The van der Waals surface area contributed by atoms with Gasteiger partial charge in [-0.25, -0.2) is 9.97 Å². The molecule has 0 atom stereocenters. The molecule has 0 unspecified atom stereocenters. The molecule has 0 spiro atoms. The van der Waals surface area contributed by atoms with Gasteiger partial charge in [0.2, 0.25) is 5.88 Å². The van der Waals surface area contributed by atoms with E-state index in [0.717, 1.165) is 5.03 Å². The van der Waals surface area contributed by atoms with E-state index in [1.54, 1.807) is 18.3 Å². The largest absolute Gasteiger partial charge is 0.476 e. The van der Waals surface area contributed by atoms with Crippen molar-refractivity contribution < 1.29 is 9.15 Å². The van der Waals surface area contributed by atoms with Gasteiger partial charge in [0.25, 0.3) is 5.22 Å². The van der Waals surface area contributed by atoms with Gasteiger partial charge in [0.05, 0.1) is 18.5 Å². The lowest BCUT2D eigenvalue weighted by atomic mass is 10.4. The van der Waals surface area contributed by atoms with Crippen LogP contribution in [0.1, 0.15) is 6.92 Å². The van der Waals surface area contributed by atoms with Gasteiger partial charge in [-0.2, -0.15) is 0 Å². The van der Waals surface area contributed by atoms with E-state index in [9.17, 15) is 0 Å². The van der Waals surface area contributed by atoms with E-state index in [-0.39, 0.29) is 0 Å². The molecule has 0 bridgehead atoms. The summed E-state index contributed by atoms with van der Waals surface area (Å²) in [6.07, 6.45) is 3.10. The van der Waals surface area contributed by atoms with Crippen molar-refractivity contribution in [2.75, 3.05) is 12.3 Å². The van der Waals surface area contributed by atoms with Gasteiger partial charge in [0.1, 0.15) is 11.3 Å². The highest BCUT2D eigenvalue weighted by molar-refractivity contribution is 7.99. The van der Waals surface area contributed by atoms with E-state index in [1.165, 1.54) is 18.0 Å². The van der Waals surface area contributed by atoms with Crippen molar-refractivity contribution in [2.45, 2.75) is 17.2 Å². The third-order valence-corrected chi connectivity index (χ3v) is 2.56. The normalized spacial score (nSPS) is 10.3. The Labute approximate surface area is 97.0 Å². The third-order valence-electron chi connectivity index (χ3n) is 1.75. The molecule has 0 fully saturated rings. The summed E-state index contributed by atoms with van der Waals surface area (Å²) in [6, 6.07) is 3.55. The molecular formula is C10H11N3O2S. The summed E-state index contributed by atoms with van der Waals surface area (Å²) < 4.78 is 10.4. The average Bonchev–Trinajstić information content (AvgIpc) is 2.76. The number of hydrogen-bond donors (Lipinski definition) is 1. The minimum atomic E-state index is 0.444. The van der Waals surface area contributed by atoms with Crippen LogP contribution in [0.2, 0.25) is 0 Å². The molecular weight excluding hydrogens is 226 g/mol. The maximum absolute atomic E-state index is 5.71. The Balaban J connectivity index is 2.19. The summed E-state index contributed by atoms with van der Waals surface area (Å²) in [5, 5.41) is 1.28. The van der Waals surface area contributed by atoms with Crippen LogP contribution in [0, 0.1) is 0 Å². The van der Waals surface area contributed by atoms with Crippen LogP contribution < -0.4 is 10.5 Å². The van der Waals surface area contributed by atoms with E-state index in [0.29, 0.717) is 23.4 Å². The van der Waals surface area contributed by atoms with Crippen LogP contribution in [0.4, 0.5) is 5.69 Å². The highest BCUT2D eigenvalue weighted by Crippen LogP contribution is 2.28. The number of aromatic nitrogens is 2. The number of nitrogens with two attached hydrogens (primary N) is 1. The Hall–Kier alpha value is -1.69. The number of pyridine rings is 1.